The molecule has 1 saturated heterocycles. The Kier molecular flexibility index (Phi) is 7.02. The number of oxazole rings is 1. The van der Waals surface area contributed by atoms with Gasteiger partial charge in [0.15, 0.2) is 5.69 Å². The summed E-state index contributed by atoms with van der Waals surface area (Å²) in [5.74, 6) is 0.950. The number of methoxy groups -OCH3 is 1. The summed E-state index contributed by atoms with van der Waals surface area (Å²) >= 11 is 0. The monoisotopic (exact) mass is 388 g/mol. The summed E-state index contributed by atoms with van der Waals surface area (Å²) in [5, 5.41) is 12.6. The minimum Gasteiger partial charge on any atom is -0.497 e. The topological polar surface area (TPSA) is 91.1 Å². The largest absolute Gasteiger partial charge is 0.497 e. The summed E-state index contributed by atoms with van der Waals surface area (Å²) in [4.78, 5) is 21.2. The van der Waals surface area contributed by atoms with Crippen molar-refractivity contribution in [3.63, 3.8) is 0 Å². The van der Waals surface area contributed by atoms with Gasteiger partial charge in [-0.25, -0.2) is 4.98 Å². The van der Waals surface area contributed by atoms with Crippen molar-refractivity contribution in [3.05, 3.63) is 42.1 Å². The van der Waals surface area contributed by atoms with Crippen LogP contribution in [0.25, 0.3) is 0 Å². The van der Waals surface area contributed by atoms with Crippen LogP contribution in [-0.2, 0) is 6.54 Å². The molecule has 28 heavy (non-hydrogen) atoms. The average molecular weight is 388 g/mol. The molecule has 1 aromatic heterocycles. The van der Waals surface area contributed by atoms with Crippen molar-refractivity contribution in [3.8, 4) is 5.75 Å². The van der Waals surface area contributed by atoms with E-state index in [1.807, 2.05) is 6.92 Å². The van der Waals surface area contributed by atoms with E-state index in [0.717, 1.165) is 44.9 Å². The van der Waals surface area contributed by atoms with Crippen LogP contribution >= 0.6 is 0 Å². The summed E-state index contributed by atoms with van der Waals surface area (Å²) in [7, 11) is 1.60. The third-order valence-electron chi connectivity index (χ3n) is 4.90. The van der Waals surface area contributed by atoms with Gasteiger partial charge in [-0.05, 0) is 30.7 Å². The Labute approximate surface area is 165 Å². The molecule has 3 rings (SSSR count). The second-order valence-electron chi connectivity index (χ2n) is 6.95. The van der Waals surface area contributed by atoms with E-state index < -0.39 is 0 Å². The highest BCUT2D eigenvalue weighted by atomic mass is 16.5. The van der Waals surface area contributed by atoms with E-state index in [1.54, 1.807) is 31.4 Å². The highest BCUT2D eigenvalue weighted by molar-refractivity contribution is 6.02. The van der Waals surface area contributed by atoms with Crippen LogP contribution in [0.2, 0.25) is 0 Å². The molecule has 0 aliphatic carbocycles. The van der Waals surface area contributed by atoms with Gasteiger partial charge in [-0.2, -0.15) is 0 Å². The van der Waals surface area contributed by atoms with Gasteiger partial charge in [0.2, 0.25) is 5.89 Å². The molecule has 152 valence electrons. The van der Waals surface area contributed by atoms with Crippen LogP contribution in [0, 0.1) is 0 Å². The number of benzene rings is 1. The molecule has 0 saturated carbocycles. The highest BCUT2D eigenvalue weighted by Crippen LogP contribution is 2.16. The number of aromatic nitrogens is 1. The molecule has 1 fully saturated rings. The highest BCUT2D eigenvalue weighted by Gasteiger charge is 2.21. The third kappa shape index (κ3) is 5.54. The molecule has 0 unspecified atom stereocenters. The van der Waals surface area contributed by atoms with E-state index in [2.05, 4.69) is 20.1 Å². The Bertz CT molecular complexity index is 754. The van der Waals surface area contributed by atoms with Gasteiger partial charge < -0.3 is 19.6 Å². The van der Waals surface area contributed by atoms with Crippen molar-refractivity contribution in [2.75, 3.05) is 45.2 Å². The van der Waals surface area contributed by atoms with Crippen molar-refractivity contribution in [1.29, 1.82) is 0 Å². The zero-order valence-corrected chi connectivity index (χ0v) is 16.4. The molecule has 0 bridgehead atoms. The fraction of sp³-hybridized carbons (Fsp3) is 0.500. The van der Waals surface area contributed by atoms with Crippen LogP contribution in [-0.4, -0.2) is 71.7 Å². The number of β-amino-alcohol motifs (C(OH)–C–C–N with tert-alkyl or cyclic N) is 1. The van der Waals surface area contributed by atoms with Crippen molar-refractivity contribution in [1.82, 2.24) is 14.8 Å². The second-order valence-corrected chi connectivity index (χ2v) is 6.95. The maximum atomic E-state index is 12.3. The molecule has 2 N–H and O–H groups in total. The lowest BCUT2D eigenvalue weighted by Gasteiger charge is -2.34. The fourth-order valence-electron chi connectivity index (χ4n) is 3.11. The standard InChI is InChI=1S/C20H28N4O4/c1-3-16(25)12-23-8-10-24(11-9-23)13-19-22-18(14-28-19)20(26)21-15-4-6-17(27-2)7-5-15/h4-7,14,16,25H,3,8-13H2,1-2H3,(H,21,26)/t16-/m0/s1. The lowest BCUT2D eigenvalue weighted by molar-refractivity contribution is 0.0658. The first-order chi connectivity index (χ1) is 13.6. The fourth-order valence-corrected chi connectivity index (χ4v) is 3.11. The molecule has 2 aromatic rings. The smallest absolute Gasteiger partial charge is 0.277 e. The first kappa shape index (κ1) is 20.3. The van der Waals surface area contributed by atoms with Gasteiger partial charge in [-0.15, -0.1) is 0 Å². The molecule has 8 heteroatoms. The third-order valence-corrected chi connectivity index (χ3v) is 4.90. The Morgan fingerprint density at radius 1 is 1.25 bits per heavy atom. The molecule has 1 aliphatic heterocycles. The number of aliphatic hydroxyl groups excluding tert-OH is 1. The van der Waals surface area contributed by atoms with E-state index in [1.165, 1.54) is 6.26 Å². The predicted octanol–water partition coefficient (Wildman–Crippen LogP) is 1.82. The number of aliphatic hydroxyl groups is 1. The molecular formula is C20H28N4O4. The number of carbonyl (C=O) groups is 1. The Morgan fingerprint density at radius 3 is 2.57 bits per heavy atom. The van der Waals surface area contributed by atoms with Gasteiger partial charge in [0.25, 0.3) is 5.91 Å². The zero-order chi connectivity index (χ0) is 19.9. The Balaban J connectivity index is 1.48. The van der Waals surface area contributed by atoms with Gasteiger partial charge in [0.05, 0.1) is 19.8 Å². The molecule has 1 aliphatic rings. The van der Waals surface area contributed by atoms with Crippen LogP contribution in [0.3, 0.4) is 0 Å². The summed E-state index contributed by atoms with van der Waals surface area (Å²) in [6.45, 7) is 6.86. The van der Waals surface area contributed by atoms with Crippen LogP contribution < -0.4 is 10.1 Å². The number of ether oxygens (including phenoxy) is 1. The van der Waals surface area contributed by atoms with E-state index in [4.69, 9.17) is 9.15 Å². The number of hydrogen-bond acceptors (Lipinski definition) is 7. The van der Waals surface area contributed by atoms with Crippen LogP contribution in [0.4, 0.5) is 5.69 Å². The Hall–Kier alpha value is -2.42. The number of anilines is 1. The first-order valence-electron chi connectivity index (χ1n) is 9.60. The van der Waals surface area contributed by atoms with E-state index in [9.17, 15) is 9.90 Å². The number of hydrogen-bond donors (Lipinski definition) is 2. The predicted molar refractivity (Wildman–Crippen MR) is 105 cm³/mol. The van der Waals surface area contributed by atoms with Crippen molar-refractivity contribution in [2.24, 2.45) is 0 Å². The lowest BCUT2D eigenvalue weighted by atomic mass is 10.2. The minimum absolute atomic E-state index is 0.259. The SMILES string of the molecule is CC[C@H](O)CN1CCN(Cc2nc(C(=O)Nc3ccc(OC)cc3)co2)CC1. The summed E-state index contributed by atoms with van der Waals surface area (Å²) in [6.07, 6.45) is 1.91. The molecule has 1 amide bonds. The number of piperazine rings is 1. The number of rotatable bonds is 8. The number of amides is 1. The van der Waals surface area contributed by atoms with Gasteiger partial charge in [0, 0.05) is 38.4 Å². The second kappa shape index (κ2) is 9.68. The van der Waals surface area contributed by atoms with Crippen molar-refractivity contribution < 1.29 is 19.1 Å². The van der Waals surface area contributed by atoms with Crippen LogP contribution in [0.1, 0.15) is 29.7 Å². The maximum absolute atomic E-state index is 12.3. The number of nitrogens with zero attached hydrogens (tertiary/aromatic N) is 3. The van der Waals surface area contributed by atoms with Crippen LogP contribution in [0.5, 0.6) is 5.75 Å². The van der Waals surface area contributed by atoms with Crippen LogP contribution in [0.15, 0.2) is 34.9 Å². The molecule has 0 radical (unpaired) electrons. The molecule has 0 spiro atoms. The first-order valence-corrected chi connectivity index (χ1v) is 9.60. The number of carbonyl (C=O) groups excluding carboxylic acids is 1. The quantitative estimate of drug-likeness (QED) is 0.713. The van der Waals surface area contributed by atoms with Gasteiger partial charge in [-0.3, -0.25) is 14.6 Å². The van der Waals surface area contributed by atoms with Gasteiger partial charge >= 0.3 is 0 Å². The summed E-state index contributed by atoms with van der Waals surface area (Å²) in [5.41, 5.74) is 0.927. The minimum atomic E-state index is -0.307. The molecule has 2 heterocycles. The zero-order valence-electron chi connectivity index (χ0n) is 16.4. The maximum Gasteiger partial charge on any atom is 0.277 e. The molecule has 1 aromatic carbocycles. The normalized spacial score (nSPS) is 16.7. The number of nitrogens with one attached hydrogen (secondary N) is 1. The van der Waals surface area contributed by atoms with Crippen molar-refractivity contribution >= 4 is 11.6 Å². The molecule has 8 nitrogen and oxygen atoms in total. The summed E-state index contributed by atoms with van der Waals surface area (Å²) < 4.78 is 10.6. The summed E-state index contributed by atoms with van der Waals surface area (Å²) in [6, 6.07) is 7.10. The lowest BCUT2D eigenvalue weighted by Crippen LogP contribution is -2.48. The molecular weight excluding hydrogens is 360 g/mol. The van der Waals surface area contributed by atoms with E-state index in [-0.39, 0.29) is 17.7 Å². The van der Waals surface area contributed by atoms with Gasteiger partial charge in [-0.1, -0.05) is 6.92 Å². The van der Waals surface area contributed by atoms with Gasteiger partial charge in [0.1, 0.15) is 12.0 Å². The molecule has 1 atom stereocenters. The van der Waals surface area contributed by atoms with E-state index >= 15 is 0 Å². The Morgan fingerprint density at radius 2 is 1.93 bits per heavy atom. The average Bonchev–Trinajstić information content (AvgIpc) is 3.18. The van der Waals surface area contributed by atoms with Crippen molar-refractivity contribution in [2.45, 2.75) is 26.0 Å². The van der Waals surface area contributed by atoms with E-state index in [0.29, 0.717) is 18.1 Å².